The molecule has 0 atom stereocenters. The normalized spacial score (nSPS) is 13.9. The number of phenols is 1. The van der Waals surface area contributed by atoms with Gasteiger partial charge in [0.25, 0.3) is 0 Å². The van der Waals surface area contributed by atoms with Crippen LogP contribution < -0.4 is 15.8 Å². The number of benzene rings is 2. The molecular formula is C24H25N5O2. The molecule has 1 aliphatic rings. The van der Waals surface area contributed by atoms with E-state index in [0.717, 1.165) is 44.0 Å². The summed E-state index contributed by atoms with van der Waals surface area (Å²) in [6.07, 6.45) is 0. The van der Waals surface area contributed by atoms with Crippen LogP contribution in [0.4, 0.5) is 5.82 Å². The average molecular weight is 415 g/mol. The lowest BCUT2D eigenvalue weighted by molar-refractivity contribution is 0.191. The van der Waals surface area contributed by atoms with Crippen LogP contribution in [0.3, 0.4) is 0 Å². The fourth-order valence-corrected chi connectivity index (χ4v) is 3.35. The fourth-order valence-electron chi connectivity index (χ4n) is 3.35. The third kappa shape index (κ3) is 5.51. The first-order chi connectivity index (χ1) is 15.2. The Hall–Kier alpha value is -3.60. The van der Waals surface area contributed by atoms with E-state index in [1.54, 1.807) is 24.3 Å². The molecule has 2 heterocycles. The number of hydrogen-bond acceptors (Lipinski definition) is 7. The Morgan fingerprint density at radius 2 is 1.87 bits per heavy atom. The Morgan fingerprint density at radius 3 is 2.71 bits per heavy atom. The molecule has 0 radical (unpaired) electrons. The molecule has 7 nitrogen and oxygen atoms in total. The minimum atomic E-state index is 0.131. The van der Waals surface area contributed by atoms with Crippen molar-refractivity contribution in [3.05, 3.63) is 65.7 Å². The number of anilines is 1. The largest absolute Gasteiger partial charge is 0.507 e. The Bertz CT molecular complexity index is 1100. The summed E-state index contributed by atoms with van der Waals surface area (Å²) >= 11 is 0. The number of piperazine rings is 1. The van der Waals surface area contributed by atoms with Gasteiger partial charge in [0.2, 0.25) is 0 Å². The first-order valence-electron chi connectivity index (χ1n) is 10.3. The SMILES string of the molecule is Nc1nnc(-c2ccccc2O)cc1C#Cc1cccc(OCCN2CCNCC2)c1. The van der Waals surface area contributed by atoms with Crippen LogP contribution in [0.25, 0.3) is 11.3 Å². The lowest BCUT2D eigenvalue weighted by Gasteiger charge is -2.26. The maximum Gasteiger partial charge on any atom is 0.161 e. The molecule has 7 heteroatoms. The van der Waals surface area contributed by atoms with E-state index in [1.165, 1.54) is 0 Å². The minimum Gasteiger partial charge on any atom is -0.507 e. The summed E-state index contributed by atoms with van der Waals surface area (Å²) in [6, 6.07) is 16.4. The van der Waals surface area contributed by atoms with Crippen molar-refractivity contribution in [3.8, 4) is 34.6 Å². The predicted molar refractivity (Wildman–Crippen MR) is 121 cm³/mol. The molecule has 2 aromatic carbocycles. The first kappa shape index (κ1) is 20.7. The molecule has 1 aromatic heterocycles. The van der Waals surface area contributed by atoms with E-state index >= 15 is 0 Å². The van der Waals surface area contributed by atoms with Gasteiger partial charge in [-0.05, 0) is 36.4 Å². The first-order valence-corrected chi connectivity index (χ1v) is 10.3. The molecule has 0 amide bonds. The summed E-state index contributed by atoms with van der Waals surface area (Å²) in [4.78, 5) is 2.39. The molecule has 158 valence electrons. The monoisotopic (exact) mass is 415 g/mol. The lowest BCUT2D eigenvalue weighted by Crippen LogP contribution is -2.44. The number of rotatable bonds is 5. The quantitative estimate of drug-likeness (QED) is 0.549. The van der Waals surface area contributed by atoms with Gasteiger partial charge in [-0.2, -0.15) is 0 Å². The lowest BCUT2D eigenvalue weighted by atomic mass is 10.1. The van der Waals surface area contributed by atoms with Gasteiger partial charge in [0.1, 0.15) is 18.1 Å². The molecule has 4 rings (SSSR count). The Kier molecular flexibility index (Phi) is 6.62. The van der Waals surface area contributed by atoms with Crippen molar-refractivity contribution in [2.24, 2.45) is 0 Å². The number of ether oxygens (including phenoxy) is 1. The standard InChI is InChI=1S/C24H25N5O2/c25-24-19(17-22(27-28-24)21-6-1-2-7-23(21)30)9-8-18-4-3-5-20(16-18)31-15-14-29-12-10-26-11-13-29/h1-7,16-17,26,30H,10-15H2,(H2,25,28). The molecule has 4 N–H and O–H groups in total. The number of aromatic hydroxyl groups is 1. The topological polar surface area (TPSA) is 96.5 Å². The Balaban J connectivity index is 1.45. The Morgan fingerprint density at radius 1 is 1.03 bits per heavy atom. The van der Waals surface area contributed by atoms with Gasteiger partial charge in [-0.3, -0.25) is 4.90 Å². The van der Waals surface area contributed by atoms with Crippen LogP contribution in [0.2, 0.25) is 0 Å². The number of nitrogens with two attached hydrogens (primary N) is 1. The molecular weight excluding hydrogens is 390 g/mol. The van der Waals surface area contributed by atoms with E-state index < -0.39 is 0 Å². The predicted octanol–water partition coefficient (Wildman–Crippen LogP) is 2.12. The maximum absolute atomic E-state index is 10.1. The molecule has 0 spiro atoms. The number of hydrogen-bond donors (Lipinski definition) is 3. The molecule has 1 fully saturated rings. The highest BCUT2D eigenvalue weighted by Crippen LogP contribution is 2.27. The number of nitrogens with zero attached hydrogens (tertiary/aromatic N) is 3. The van der Waals surface area contributed by atoms with Gasteiger partial charge in [0, 0.05) is 43.9 Å². The second-order valence-electron chi connectivity index (χ2n) is 7.26. The van der Waals surface area contributed by atoms with Gasteiger partial charge >= 0.3 is 0 Å². The van der Waals surface area contributed by atoms with Gasteiger partial charge in [0.05, 0.1) is 11.3 Å². The number of para-hydroxylation sites is 1. The smallest absolute Gasteiger partial charge is 0.161 e. The molecule has 1 saturated heterocycles. The molecule has 1 aliphatic heterocycles. The summed E-state index contributed by atoms with van der Waals surface area (Å²) in [5, 5.41) is 21.5. The van der Waals surface area contributed by atoms with Gasteiger partial charge < -0.3 is 20.9 Å². The van der Waals surface area contributed by atoms with Crippen LogP contribution in [0, 0.1) is 11.8 Å². The third-order valence-corrected chi connectivity index (χ3v) is 5.06. The van der Waals surface area contributed by atoms with Gasteiger partial charge in [-0.15, -0.1) is 10.2 Å². The van der Waals surface area contributed by atoms with Crippen molar-refractivity contribution >= 4 is 5.82 Å². The molecule has 31 heavy (non-hydrogen) atoms. The zero-order valence-electron chi connectivity index (χ0n) is 17.2. The van der Waals surface area contributed by atoms with Crippen LogP contribution in [0.15, 0.2) is 54.6 Å². The van der Waals surface area contributed by atoms with Crippen molar-refractivity contribution in [1.29, 1.82) is 0 Å². The molecule has 0 aliphatic carbocycles. The van der Waals surface area contributed by atoms with Crippen molar-refractivity contribution in [1.82, 2.24) is 20.4 Å². The van der Waals surface area contributed by atoms with Gasteiger partial charge in [-0.25, -0.2) is 0 Å². The van der Waals surface area contributed by atoms with E-state index in [0.29, 0.717) is 23.4 Å². The van der Waals surface area contributed by atoms with E-state index in [9.17, 15) is 5.11 Å². The third-order valence-electron chi connectivity index (χ3n) is 5.06. The highest BCUT2D eigenvalue weighted by atomic mass is 16.5. The second kappa shape index (κ2) is 9.94. The van der Waals surface area contributed by atoms with Crippen molar-refractivity contribution in [2.75, 3.05) is 45.1 Å². The van der Waals surface area contributed by atoms with E-state index in [-0.39, 0.29) is 11.6 Å². The molecule has 0 bridgehead atoms. The van der Waals surface area contributed by atoms with Crippen LogP contribution in [0.1, 0.15) is 11.1 Å². The number of phenolic OH excluding ortho intramolecular Hbond substituents is 1. The van der Waals surface area contributed by atoms with E-state index in [2.05, 4.69) is 32.3 Å². The van der Waals surface area contributed by atoms with Crippen LogP contribution in [-0.4, -0.2) is 59.5 Å². The van der Waals surface area contributed by atoms with Gasteiger partial charge in [-0.1, -0.05) is 30.0 Å². The number of nitrogen functional groups attached to an aromatic ring is 1. The second-order valence-corrected chi connectivity index (χ2v) is 7.26. The summed E-state index contributed by atoms with van der Waals surface area (Å²) in [5.41, 5.74) is 8.43. The minimum absolute atomic E-state index is 0.131. The number of aromatic nitrogens is 2. The van der Waals surface area contributed by atoms with Crippen LogP contribution >= 0.6 is 0 Å². The molecule has 3 aromatic rings. The summed E-state index contributed by atoms with van der Waals surface area (Å²) < 4.78 is 5.91. The fraction of sp³-hybridized carbons (Fsp3) is 0.250. The zero-order chi connectivity index (χ0) is 21.5. The van der Waals surface area contributed by atoms with Crippen molar-refractivity contribution in [2.45, 2.75) is 0 Å². The molecule has 0 unspecified atom stereocenters. The van der Waals surface area contributed by atoms with Crippen molar-refractivity contribution in [3.63, 3.8) is 0 Å². The molecule has 0 saturated carbocycles. The summed E-state index contributed by atoms with van der Waals surface area (Å²) in [5.74, 6) is 7.35. The Labute approximate surface area is 181 Å². The highest BCUT2D eigenvalue weighted by molar-refractivity contribution is 5.69. The van der Waals surface area contributed by atoms with E-state index in [4.69, 9.17) is 10.5 Å². The van der Waals surface area contributed by atoms with Crippen LogP contribution in [-0.2, 0) is 0 Å². The van der Waals surface area contributed by atoms with E-state index in [1.807, 2.05) is 30.3 Å². The maximum atomic E-state index is 10.1. The average Bonchev–Trinajstić information content (AvgIpc) is 2.80. The summed E-state index contributed by atoms with van der Waals surface area (Å²) in [7, 11) is 0. The van der Waals surface area contributed by atoms with Crippen LogP contribution in [0.5, 0.6) is 11.5 Å². The van der Waals surface area contributed by atoms with Gasteiger partial charge in [0.15, 0.2) is 5.82 Å². The number of nitrogens with one attached hydrogen (secondary N) is 1. The highest BCUT2D eigenvalue weighted by Gasteiger charge is 2.10. The van der Waals surface area contributed by atoms with Crippen molar-refractivity contribution < 1.29 is 9.84 Å². The zero-order valence-corrected chi connectivity index (χ0v) is 17.2. The summed E-state index contributed by atoms with van der Waals surface area (Å²) in [6.45, 7) is 5.72.